The molecule has 3 N–H and O–H groups in total. The van der Waals surface area contributed by atoms with Gasteiger partial charge in [-0.25, -0.2) is 0 Å². The molecule has 0 aliphatic carbocycles. The second kappa shape index (κ2) is 7.78. The molecule has 0 spiro atoms. The van der Waals surface area contributed by atoms with E-state index in [9.17, 15) is 14.4 Å². The van der Waals surface area contributed by atoms with Crippen LogP contribution < -0.4 is 20.7 Å². The Kier molecular flexibility index (Phi) is 6.02. The zero-order valence-corrected chi connectivity index (χ0v) is 11.4. The van der Waals surface area contributed by atoms with Crippen LogP contribution in [-0.2, 0) is 14.4 Å². The molecule has 0 aliphatic heterocycles. The normalized spacial score (nSPS) is 9.50. The number of hydrogen-bond donors (Lipinski definition) is 3. The molecular formula is C13H17N3O4. The first kappa shape index (κ1) is 15.5. The number of anilines is 1. The average molecular weight is 279 g/mol. The molecule has 108 valence electrons. The van der Waals surface area contributed by atoms with Crippen LogP contribution in [0.5, 0.6) is 5.75 Å². The van der Waals surface area contributed by atoms with Crippen molar-refractivity contribution in [1.82, 2.24) is 10.6 Å². The predicted octanol–water partition coefficient (Wildman–Crippen LogP) is -0.114. The lowest BCUT2D eigenvalue weighted by atomic mass is 10.3. The van der Waals surface area contributed by atoms with Gasteiger partial charge in [-0.3, -0.25) is 14.4 Å². The van der Waals surface area contributed by atoms with Gasteiger partial charge in [0.05, 0.1) is 12.2 Å². The van der Waals surface area contributed by atoms with Gasteiger partial charge in [-0.1, -0.05) is 12.1 Å². The highest BCUT2D eigenvalue weighted by Crippen LogP contribution is 2.23. The number of benzene rings is 1. The molecule has 0 saturated carbocycles. The maximum absolute atomic E-state index is 11.5. The highest BCUT2D eigenvalue weighted by molar-refractivity contribution is 5.90. The lowest BCUT2D eigenvalue weighted by molar-refractivity contribution is -0.127. The van der Waals surface area contributed by atoms with E-state index in [-0.39, 0.29) is 25.0 Å². The second-order valence-electron chi connectivity index (χ2n) is 3.92. The van der Waals surface area contributed by atoms with Crippen LogP contribution >= 0.6 is 0 Å². The summed E-state index contributed by atoms with van der Waals surface area (Å²) in [5.41, 5.74) is 0.485. The van der Waals surface area contributed by atoms with E-state index in [2.05, 4.69) is 16.0 Å². The number of hydrogen-bond acceptors (Lipinski definition) is 4. The Morgan fingerprint density at radius 2 is 1.85 bits per heavy atom. The van der Waals surface area contributed by atoms with E-state index in [1.165, 1.54) is 14.0 Å². The molecule has 0 radical (unpaired) electrons. The molecule has 7 heteroatoms. The van der Waals surface area contributed by atoms with Crippen LogP contribution in [0.2, 0.25) is 0 Å². The standard InChI is InChI=1S/C13H17N3O4/c1-9(17)16-10-5-3-4-6-11(10)20-8-13(19)15-7-12(18)14-2/h3-6H,7-8H2,1-2H3,(H,14,18)(H,15,19)(H,16,17). The summed E-state index contributed by atoms with van der Waals surface area (Å²) in [6.07, 6.45) is 0. The highest BCUT2D eigenvalue weighted by atomic mass is 16.5. The van der Waals surface area contributed by atoms with Gasteiger partial charge in [0.15, 0.2) is 6.61 Å². The third-order valence-corrected chi connectivity index (χ3v) is 2.28. The van der Waals surface area contributed by atoms with Gasteiger partial charge in [-0.15, -0.1) is 0 Å². The maximum Gasteiger partial charge on any atom is 0.258 e. The number of likely N-dealkylation sites (N-methyl/N-ethyl adjacent to an activating group) is 1. The largest absolute Gasteiger partial charge is 0.482 e. The molecule has 3 amide bonds. The number of amides is 3. The molecule has 0 fully saturated rings. The van der Waals surface area contributed by atoms with Crippen LogP contribution in [0.25, 0.3) is 0 Å². The quantitative estimate of drug-likeness (QED) is 0.676. The van der Waals surface area contributed by atoms with Crippen molar-refractivity contribution in [3.8, 4) is 5.75 Å². The molecule has 0 aromatic heterocycles. The van der Waals surface area contributed by atoms with Crippen LogP contribution in [0, 0.1) is 0 Å². The Hall–Kier alpha value is -2.57. The Labute approximate surface area is 116 Å². The van der Waals surface area contributed by atoms with Crippen LogP contribution in [0.4, 0.5) is 5.69 Å². The van der Waals surface area contributed by atoms with Gasteiger partial charge in [-0.05, 0) is 12.1 Å². The van der Waals surface area contributed by atoms with Gasteiger partial charge in [0.1, 0.15) is 5.75 Å². The minimum Gasteiger partial charge on any atom is -0.482 e. The van der Waals surface area contributed by atoms with Crippen molar-refractivity contribution < 1.29 is 19.1 Å². The fourth-order valence-corrected chi connectivity index (χ4v) is 1.35. The predicted molar refractivity (Wildman–Crippen MR) is 73.3 cm³/mol. The molecule has 20 heavy (non-hydrogen) atoms. The summed E-state index contributed by atoms with van der Waals surface area (Å²) in [5.74, 6) is -0.564. The van der Waals surface area contributed by atoms with Crippen LogP contribution in [-0.4, -0.2) is 37.9 Å². The first-order valence-electron chi connectivity index (χ1n) is 5.99. The minimum absolute atomic E-state index is 0.105. The molecule has 0 heterocycles. The van der Waals surface area contributed by atoms with Gasteiger partial charge in [0.25, 0.3) is 5.91 Å². The molecule has 0 atom stereocenters. The summed E-state index contributed by atoms with van der Waals surface area (Å²) in [6, 6.07) is 6.77. The topological polar surface area (TPSA) is 96.5 Å². The van der Waals surface area contributed by atoms with Gasteiger partial charge in [0.2, 0.25) is 11.8 Å². The van der Waals surface area contributed by atoms with Crippen molar-refractivity contribution in [3.05, 3.63) is 24.3 Å². The summed E-state index contributed by atoms with van der Waals surface area (Å²) in [5, 5.41) is 7.38. The smallest absolute Gasteiger partial charge is 0.258 e. The van der Waals surface area contributed by atoms with Crippen LogP contribution in [0.3, 0.4) is 0 Å². The van der Waals surface area contributed by atoms with E-state index < -0.39 is 5.91 Å². The first-order valence-corrected chi connectivity index (χ1v) is 5.99. The Morgan fingerprint density at radius 3 is 2.50 bits per heavy atom. The van der Waals surface area contributed by atoms with Crippen molar-refractivity contribution in [2.45, 2.75) is 6.92 Å². The van der Waals surface area contributed by atoms with Crippen molar-refractivity contribution in [3.63, 3.8) is 0 Å². The zero-order chi connectivity index (χ0) is 15.0. The molecule has 0 bridgehead atoms. The van der Waals surface area contributed by atoms with E-state index in [1.807, 2.05) is 0 Å². The van der Waals surface area contributed by atoms with Gasteiger partial charge in [-0.2, -0.15) is 0 Å². The lowest BCUT2D eigenvalue weighted by Gasteiger charge is -2.11. The number of nitrogens with one attached hydrogen (secondary N) is 3. The van der Waals surface area contributed by atoms with Crippen molar-refractivity contribution in [2.24, 2.45) is 0 Å². The Morgan fingerprint density at radius 1 is 1.15 bits per heavy atom. The molecule has 0 aliphatic rings. The summed E-state index contributed by atoms with van der Waals surface area (Å²) >= 11 is 0. The molecule has 0 saturated heterocycles. The maximum atomic E-state index is 11.5. The lowest BCUT2D eigenvalue weighted by Crippen LogP contribution is -2.37. The monoisotopic (exact) mass is 279 g/mol. The van der Waals surface area contributed by atoms with Crippen molar-refractivity contribution in [1.29, 1.82) is 0 Å². The molecule has 7 nitrogen and oxygen atoms in total. The number of carbonyl (C=O) groups excluding carboxylic acids is 3. The van der Waals surface area contributed by atoms with Gasteiger partial charge >= 0.3 is 0 Å². The Bertz CT molecular complexity index is 502. The van der Waals surface area contributed by atoms with E-state index in [1.54, 1.807) is 24.3 Å². The van der Waals surface area contributed by atoms with Crippen LogP contribution in [0.15, 0.2) is 24.3 Å². The van der Waals surface area contributed by atoms with E-state index >= 15 is 0 Å². The van der Waals surface area contributed by atoms with Gasteiger partial charge < -0.3 is 20.7 Å². The van der Waals surface area contributed by atoms with Gasteiger partial charge in [0, 0.05) is 14.0 Å². The van der Waals surface area contributed by atoms with E-state index in [0.717, 1.165) is 0 Å². The third-order valence-electron chi connectivity index (χ3n) is 2.28. The van der Waals surface area contributed by atoms with E-state index in [4.69, 9.17) is 4.74 Å². The van der Waals surface area contributed by atoms with E-state index in [0.29, 0.717) is 11.4 Å². The summed E-state index contributed by atoms with van der Waals surface area (Å²) in [6.45, 7) is 1.03. The molecule has 1 aromatic rings. The number of ether oxygens (including phenoxy) is 1. The number of carbonyl (C=O) groups is 3. The second-order valence-corrected chi connectivity index (χ2v) is 3.92. The summed E-state index contributed by atoms with van der Waals surface area (Å²) < 4.78 is 5.31. The molecule has 1 rings (SSSR count). The third kappa shape index (κ3) is 5.38. The molecule has 0 unspecified atom stereocenters. The molecule has 1 aromatic carbocycles. The fourth-order valence-electron chi connectivity index (χ4n) is 1.35. The number of rotatable bonds is 6. The highest BCUT2D eigenvalue weighted by Gasteiger charge is 2.08. The fraction of sp³-hybridized carbons (Fsp3) is 0.308. The Balaban J connectivity index is 2.50. The molecular weight excluding hydrogens is 262 g/mol. The number of para-hydroxylation sites is 2. The zero-order valence-electron chi connectivity index (χ0n) is 11.4. The summed E-state index contributed by atoms with van der Waals surface area (Å²) in [7, 11) is 1.48. The van der Waals surface area contributed by atoms with Crippen molar-refractivity contribution in [2.75, 3.05) is 25.5 Å². The first-order chi connectivity index (χ1) is 9.52. The van der Waals surface area contributed by atoms with Crippen LogP contribution in [0.1, 0.15) is 6.92 Å². The SMILES string of the molecule is CNC(=O)CNC(=O)COc1ccccc1NC(C)=O. The van der Waals surface area contributed by atoms with Crippen molar-refractivity contribution >= 4 is 23.4 Å². The summed E-state index contributed by atoms with van der Waals surface area (Å²) in [4.78, 5) is 33.4. The minimum atomic E-state index is -0.425. The average Bonchev–Trinajstić information content (AvgIpc) is 2.43.